The first kappa shape index (κ1) is 17.8. The van der Waals surface area contributed by atoms with E-state index >= 15 is 0 Å². The van der Waals surface area contributed by atoms with E-state index in [2.05, 4.69) is 81.2 Å². The zero-order valence-electron chi connectivity index (χ0n) is 16.7. The minimum absolute atomic E-state index is 0.0909. The Morgan fingerprint density at radius 1 is 0.963 bits per heavy atom. The molecule has 0 aliphatic heterocycles. The Balaban J connectivity index is 1.87. The molecule has 0 bridgehead atoms. The highest BCUT2D eigenvalue weighted by atomic mass is 16.3. The van der Waals surface area contributed by atoms with Crippen LogP contribution in [0.2, 0.25) is 0 Å². The Kier molecular flexibility index (Phi) is 4.51. The predicted molar refractivity (Wildman–Crippen MR) is 114 cm³/mol. The van der Waals surface area contributed by atoms with Crippen molar-refractivity contribution >= 4 is 21.9 Å². The summed E-state index contributed by atoms with van der Waals surface area (Å²) >= 11 is 0. The third-order valence-corrected chi connectivity index (χ3v) is 5.28. The largest absolute Gasteiger partial charge is 0.455 e. The van der Waals surface area contributed by atoms with E-state index in [4.69, 9.17) is 4.42 Å². The molecular weight excluding hydrogens is 330 g/mol. The minimum atomic E-state index is 0.0909. The van der Waals surface area contributed by atoms with Crippen LogP contribution in [-0.2, 0) is 11.8 Å². The van der Waals surface area contributed by atoms with E-state index < -0.39 is 0 Å². The first-order valence-corrected chi connectivity index (χ1v) is 9.88. The molecule has 138 valence electrons. The molecule has 0 spiro atoms. The van der Waals surface area contributed by atoms with E-state index in [9.17, 15) is 0 Å². The van der Waals surface area contributed by atoms with E-state index in [-0.39, 0.29) is 5.41 Å². The van der Waals surface area contributed by atoms with Gasteiger partial charge in [-0.2, -0.15) is 0 Å². The normalized spacial score (nSPS) is 12.1. The number of para-hydroxylation sites is 1. The molecule has 0 radical (unpaired) electrons. The second-order valence-electron chi connectivity index (χ2n) is 8.40. The van der Waals surface area contributed by atoms with Crippen LogP contribution in [0.15, 0.2) is 59.1 Å². The van der Waals surface area contributed by atoms with Crippen molar-refractivity contribution in [1.29, 1.82) is 0 Å². The highest BCUT2D eigenvalue weighted by Crippen LogP contribution is 2.36. The van der Waals surface area contributed by atoms with E-state index in [0.717, 1.165) is 34.2 Å². The van der Waals surface area contributed by atoms with Gasteiger partial charge < -0.3 is 4.42 Å². The number of aryl methyl sites for hydroxylation is 1. The molecule has 4 rings (SSSR count). The highest BCUT2D eigenvalue weighted by molar-refractivity contribution is 6.09. The van der Waals surface area contributed by atoms with Crippen molar-refractivity contribution in [3.8, 4) is 11.3 Å². The lowest BCUT2D eigenvalue weighted by molar-refractivity contribution is 0.589. The molecule has 2 nitrogen and oxygen atoms in total. The fraction of sp³-hybridized carbons (Fsp3) is 0.320. The average molecular weight is 357 g/mol. The van der Waals surface area contributed by atoms with Crippen molar-refractivity contribution in [3.63, 3.8) is 0 Å². The molecule has 27 heavy (non-hydrogen) atoms. The van der Waals surface area contributed by atoms with E-state index in [1.807, 2.05) is 6.20 Å². The van der Waals surface area contributed by atoms with E-state index in [1.165, 1.54) is 29.4 Å². The van der Waals surface area contributed by atoms with Gasteiger partial charge in [0.25, 0.3) is 0 Å². The number of benzene rings is 2. The molecule has 2 heteroatoms. The number of aromatic nitrogens is 1. The molecular formula is C25H27NO. The van der Waals surface area contributed by atoms with Gasteiger partial charge in [-0.25, -0.2) is 0 Å². The van der Waals surface area contributed by atoms with Gasteiger partial charge in [0.05, 0.1) is 5.69 Å². The summed E-state index contributed by atoms with van der Waals surface area (Å²) in [7, 11) is 0. The van der Waals surface area contributed by atoms with Crippen LogP contribution in [0.1, 0.15) is 51.7 Å². The van der Waals surface area contributed by atoms with Gasteiger partial charge in [0.1, 0.15) is 11.2 Å². The standard InChI is InChI=1S/C25H27NO/c1-5-6-8-17-11-12-19-20-9-7-10-21(24(20)27-23(19)15-17)22-16-18(13-14-26-22)25(2,3)4/h7,9-16H,5-6,8H2,1-4H3. The lowest BCUT2D eigenvalue weighted by Gasteiger charge is -2.19. The topological polar surface area (TPSA) is 26.0 Å². The molecule has 0 fully saturated rings. The smallest absolute Gasteiger partial charge is 0.144 e. The summed E-state index contributed by atoms with van der Waals surface area (Å²) in [6.07, 6.45) is 5.42. The predicted octanol–water partition coefficient (Wildman–Crippen LogP) is 7.29. The molecule has 2 aromatic carbocycles. The van der Waals surface area contributed by atoms with Crippen molar-refractivity contribution < 1.29 is 4.42 Å². The molecule has 0 aliphatic rings. The lowest BCUT2D eigenvalue weighted by Crippen LogP contribution is -2.11. The number of furan rings is 1. The lowest BCUT2D eigenvalue weighted by atomic mass is 9.87. The third kappa shape index (κ3) is 3.37. The molecule has 0 saturated heterocycles. The fourth-order valence-corrected chi connectivity index (χ4v) is 3.63. The maximum absolute atomic E-state index is 6.34. The fourth-order valence-electron chi connectivity index (χ4n) is 3.63. The van der Waals surface area contributed by atoms with Crippen molar-refractivity contribution in [2.45, 2.75) is 52.4 Å². The average Bonchev–Trinajstić information content (AvgIpc) is 3.03. The molecule has 4 aromatic rings. The molecule has 0 saturated carbocycles. The van der Waals surface area contributed by atoms with Crippen molar-refractivity contribution in [1.82, 2.24) is 4.98 Å². The summed E-state index contributed by atoms with van der Waals surface area (Å²) in [5.41, 5.74) is 6.65. The molecule has 0 amide bonds. The summed E-state index contributed by atoms with van der Waals surface area (Å²) in [6, 6.07) is 17.3. The molecule has 0 unspecified atom stereocenters. The SMILES string of the molecule is CCCCc1ccc2c(c1)oc1c(-c3cc(C(C)(C)C)ccn3)cccc12. The van der Waals surface area contributed by atoms with E-state index in [0.29, 0.717) is 0 Å². The Morgan fingerprint density at radius 3 is 2.59 bits per heavy atom. The van der Waals surface area contributed by atoms with Crippen molar-refractivity contribution in [3.05, 3.63) is 65.9 Å². The van der Waals surface area contributed by atoms with Gasteiger partial charge in [-0.3, -0.25) is 4.98 Å². The van der Waals surface area contributed by atoms with Gasteiger partial charge >= 0.3 is 0 Å². The second-order valence-corrected chi connectivity index (χ2v) is 8.40. The number of rotatable bonds is 4. The van der Waals surface area contributed by atoms with Crippen LogP contribution in [0.5, 0.6) is 0 Å². The molecule has 0 atom stereocenters. The van der Waals surface area contributed by atoms with Gasteiger partial charge in [0.2, 0.25) is 0 Å². The third-order valence-electron chi connectivity index (χ3n) is 5.28. The van der Waals surface area contributed by atoms with Crippen LogP contribution < -0.4 is 0 Å². The minimum Gasteiger partial charge on any atom is -0.455 e. The number of hydrogen-bond acceptors (Lipinski definition) is 2. The quantitative estimate of drug-likeness (QED) is 0.383. The van der Waals surface area contributed by atoms with Crippen LogP contribution in [0.3, 0.4) is 0 Å². The van der Waals surface area contributed by atoms with Gasteiger partial charge in [-0.1, -0.05) is 58.4 Å². The maximum atomic E-state index is 6.34. The number of nitrogens with zero attached hydrogens (tertiary/aromatic N) is 1. The first-order chi connectivity index (χ1) is 13.0. The van der Waals surface area contributed by atoms with E-state index in [1.54, 1.807) is 0 Å². The van der Waals surface area contributed by atoms with Crippen LogP contribution in [0.25, 0.3) is 33.2 Å². The molecule has 0 aliphatic carbocycles. The van der Waals surface area contributed by atoms with Gasteiger partial charge in [0, 0.05) is 22.5 Å². The summed E-state index contributed by atoms with van der Waals surface area (Å²) < 4.78 is 6.34. The number of hydrogen-bond donors (Lipinski definition) is 0. The Bertz CT molecular complexity index is 1100. The monoisotopic (exact) mass is 357 g/mol. The Labute approximate surface area is 161 Å². The highest BCUT2D eigenvalue weighted by Gasteiger charge is 2.17. The van der Waals surface area contributed by atoms with Crippen molar-refractivity contribution in [2.24, 2.45) is 0 Å². The summed E-state index contributed by atoms with van der Waals surface area (Å²) in [4.78, 5) is 4.64. The summed E-state index contributed by atoms with van der Waals surface area (Å²) in [5, 5.41) is 2.34. The Hall–Kier alpha value is -2.61. The van der Waals surface area contributed by atoms with Crippen LogP contribution >= 0.6 is 0 Å². The summed E-state index contributed by atoms with van der Waals surface area (Å²) in [5.74, 6) is 0. The van der Waals surface area contributed by atoms with Crippen LogP contribution in [0, 0.1) is 0 Å². The second kappa shape index (κ2) is 6.84. The zero-order valence-corrected chi connectivity index (χ0v) is 16.7. The van der Waals surface area contributed by atoms with Gasteiger partial charge in [-0.05, 0) is 53.6 Å². The number of pyridine rings is 1. The first-order valence-electron chi connectivity index (χ1n) is 9.88. The van der Waals surface area contributed by atoms with Crippen LogP contribution in [-0.4, -0.2) is 4.98 Å². The molecule has 0 N–H and O–H groups in total. The number of fused-ring (bicyclic) bond motifs is 3. The summed E-state index contributed by atoms with van der Waals surface area (Å²) in [6.45, 7) is 8.91. The maximum Gasteiger partial charge on any atom is 0.144 e. The number of unbranched alkanes of at least 4 members (excludes halogenated alkanes) is 1. The molecule has 2 aromatic heterocycles. The van der Waals surface area contributed by atoms with Crippen molar-refractivity contribution in [2.75, 3.05) is 0 Å². The molecule has 2 heterocycles. The Morgan fingerprint density at radius 2 is 1.81 bits per heavy atom. The van der Waals surface area contributed by atoms with Gasteiger partial charge in [-0.15, -0.1) is 0 Å². The zero-order chi connectivity index (χ0) is 19.0. The van der Waals surface area contributed by atoms with Crippen LogP contribution in [0.4, 0.5) is 0 Å². The van der Waals surface area contributed by atoms with Gasteiger partial charge in [0.15, 0.2) is 0 Å².